The molecule has 0 aliphatic carbocycles. The van der Waals surface area contributed by atoms with Crippen LogP contribution in [-0.4, -0.2) is 107 Å². The SMILES string of the molecule is CCCCCCCCCCCCCCCC/C=C/CC/C=C/C(O)C(COC1OC(CO)C(O)C(OS(=O)(=O)O)C1O)NC(=O)C(O)CCCCCCCCCCCCC. The zero-order chi connectivity index (χ0) is 44.3. The van der Waals surface area contributed by atoms with Crippen LogP contribution in [-0.2, 0) is 28.9 Å². The lowest BCUT2D eigenvalue weighted by Gasteiger charge is -2.41. The van der Waals surface area contributed by atoms with E-state index in [9.17, 15) is 43.3 Å². The highest BCUT2D eigenvalue weighted by Gasteiger charge is 2.48. The van der Waals surface area contributed by atoms with E-state index in [0.29, 0.717) is 12.8 Å². The highest BCUT2D eigenvalue weighted by molar-refractivity contribution is 7.80. The molecule has 1 rings (SSSR count). The zero-order valence-corrected chi connectivity index (χ0v) is 38.2. The van der Waals surface area contributed by atoms with Gasteiger partial charge in [-0.25, -0.2) is 4.18 Å². The second-order valence-corrected chi connectivity index (χ2v) is 17.9. The van der Waals surface area contributed by atoms with Crippen molar-refractivity contribution in [3.63, 3.8) is 0 Å². The number of allylic oxidation sites excluding steroid dienone is 3. The van der Waals surface area contributed by atoms with Crippen molar-refractivity contribution in [2.45, 2.75) is 249 Å². The van der Waals surface area contributed by atoms with E-state index in [2.05, 4.69) is 35.5 Å². The normalized spacial score (nSPS) is 21.5. The van der Waals surface area contributed by atoms with Crippen LogP contribution in [0.15, 0.2) is 24.3 Å². The number of amides is 1. The van der Waals surface area contributed by atoms with Crippen molar-refractivity contribution in [2.24, 2.45) is 0 Å². The maximum Gasteiger partial charge on any atom is 0.397 e. The molecular weight excluding hydrogens is 791 g/mol. The molecule has 1 amide bonds. The first kappa shape index (κ1) is 56.6. The summed E-state index contributed by atoms with van der Waals surface area (Å²) in [5.74, 6) is -0.712. The first-order valence-corrected chi connectivity index (χ1v) is 25.2. The van der Waals surface area contributed by atoms with E-state index in [1.54, 1.807) is 6.08 Å². The average Bonchev–Trinajstić information content (AvgIpc) is 3.22. The van der Waals surface area contributed by atoms with Crippen molar-refractivity contribution in [3.8, 4) is 0 Å². The topological polar surface area (TPSA) is 212 Å². The molecule has 7 N–H and O–H groups in total. The fourth-order valence-electron chi connectivity index (χ4n) is 7.54. The van der Waals surface area contributed by atoms with Crippen molar-refractivity contribution in [1.29, 1.82) is 0 Å². The number of carbonyl (C=O) groups excluding carboxylic acids is 1. The molecule has 0 saturated carbocycles. The van der Waals surface area contributed by atoms with Gasteiger partial charge in [0, 0.05) is 0 Å². The number of nitrogens with one attached hydrogen (secondary N) is 1. The number of carbonyl (C=O) groups is 1. The van der Waals surface area contributed by atoms with Gasteiger partial charge in [-0.2, -0.15) is 8.42 Å². The summed E-state index contributed by atoms with van der Waals surface area (Å²) in [5, 5.41) is 55.1. The molecule has 1 aliphatic heterocycles. The number of hydrogen-bond acceptors (Lipinski definition) is 11. The number of hydrogen-bond donors (Lipinski definition) is 7. The molecule has 0 aromatic rings. The monoisotopic (exact) mass is 878 g/mol. The largest absolute Gasteiger partial charge is 0.397 e. The van der Waals surface area contributed by atoms with Crippen LogP contribution in [0.5, 0.6) is 0 Å². The molecule has 0 aromatic heterocycles. The molecule has 354 valence electrons. The number of rotatable bonds is 40. The van der Waals surface area contributed by atoms with E-state index in [0.717, 1.165) is 38.5 Å². The predicted octanol–water partition coefficient (Wildman–Crippen LogP) is 8.30. The quantitative estimate of drug-likeness (QED) is 0.0176. The third-order valence-corrected chi connectivity index (χ3v) is 11.8. The third-order valence-electron chi connectivity index (χ3n) is 11.3. The van der Waals surface area contributed by atoms with Gasteiger partial charge in [-0.15, -0.1) is 0 Å². The van der Waals surface area contributed by atoms with Crippen LogP contribution >= 0.6 is 0 Å². The molecule has 8 atom stereocenters. The minimum atomic E-state index is -5.12. The van der Waals surface area contributed by atoms with Crippen LogP contribution in [0.3, 0.4) is 0 Å². The van der Waals surface area contributed by atoms with Gasteiger partial charge < -0.3 is 40.3 Å². The lowest BCUT2D eigenvalue weighted by Crippen LogP contribution is -2.61. The highest BCUT2D eigenvalue weighted by atomic mass is 32.3. The Labute approximate surface area is 364 Å². The Morgan fingerprint density at radius 2 is 1.12 bits per heavy atom. The van der Waals surface area contributed by atoms with Crippen molar-refractivity contribution < 1.29 is 57.0 Å². The molecule has 60 heavy (non-hydrogen) atoms. The van der Waals surface area contributed by atoms with Crippen LogP contribution in [0.1, 0.15) is 200 Å². The van der Waals surface area contributed by atoms with Gasteiger partial charge in [0.05, 0.1) is 25.4 Å². The van der Waals surface area contributed by atoms with Gasteiger partial charge >= 0.3 is 10.4 Å². The Morgan fingerprint density at radius 1 is 0.667 bits per heavy atom. The molecule has 1 saturated heterocycles. The first-order valence-electron chi connectivity index (χ1n) is 23.8. The summed E-state index contributed by atoms with van der Waals surface area (Å²) >= 11 is 0. The lowest BCUT2D eigenvalue weighted by molar-refractivity contribution is -0.298. The van der Waals surface area contributed by atoms with Gasteiger partial charge in [-0.3, -0.25) is 9.35 Å². The molecule has 13 nitrogen and oxygen atoms in total. The summed E-state index contributed by atoms with van der Waals surface area (Å²) in [6.45, 7) is 3.19. The average molecular weight is 878 g/mol. The Bertz CT molecular complexity index is 1190. The summed E-state index contributed by atoms with van der Waals surface area (Å²) in [4.78, 5) is 13.1. The van der Waals surface area contributed by atoms with Gasteiger partial charge in [-0.1, -0.05) is 192 Å². The molecule has 0 bridgehead atoms. The van der Waals surface area contributed by atoms with Crippen LogP contribution in [0.25, 0.3) is 0 Å². The maximum absolute atomic E-state index is 13.1. The molecule has 8 unspecified atom stereocenters. The molecule has 1 fully saturated rings. The van der Waals surface area contributed by atoms with Gasteiger partial charge in [0.15, 0.2) is 6.29 Å². The van der Waals surface area contributed by atoms with Crippen LogP contribution in [0.4, 0.5) is 0 Å². The second kappa shape index (κ2) is 37.0. The molecule has 0 aromatic carbocycles. The van der Waals surface area contributed by atoms with E-state index >= 15 is 0 Å². The molecule has 0 spiro atoms. The Kier molecular flexibility index (Phi) is 34.8. The molecule has 14 heteroatoms. The molecule has 0 radical (unpaired) electrons. The van der Waals surface area contributed by atoms with Gasteiger partial charge in [-0.05, 0) is 32.1 Å². The van der Waals surface area contributed by atoms with Crippen molar-refractivity contribution in [3.05, 3.63) is 24.3 Å². The summed E-state index contributed by atoms with van der Waals surface area (Å²) in [5.41, 5.74) is 0. The summed E-state index contributed by atoms with van der Waals surface area (Å²) < 4.78 is 47.5. The van der Waals surface area contributed by atoms with Crippen LogP contribution in [0.2, 0.25) is 0 Å². The van der Waals surface area contributed by atoms with Crippen molar-refractivity contribution in [2.75, 3.05) is 13.2 Å². The van der Waals surface area contributed by atoms with Crippen molar-refractivity contribution in [1.82, 2.24) is 5.32 Å². The molecule has 1 heterocycles. The van der Waals surface area contributed by atoms with Gasteiger partial charge in [0.2, 0.25) is 5.91 Å². The summed E-state index contributed by atoms with van der Waals surface area (Å²) in [6.07, 6.45) is 29.9. The smallest absolute Gasteiger partial charge is 0.394 e. The van der Waals surface area contributed by atoms with Gasteiger partial charge in [0.25, 0.3) is 0 Å². The van der Waals surface area contributed by atoms with Crippen LogP contribution in [0, 0.1) is 0 Å². The Morgan fingerprint density at radius 3 is 1.60 bits per heavy atom. The molecular formula is C46H87NO12S. The van der Waals surface area contributed by atoms with E-state index in [4.69, 9.17) is 9.47 Å². The number of ether oxygens (including phenoxy) is 2. The van der Waals surface area contributed by atoms with E-state index < -0.39 is 78.5 Å². The van der Waals surface area contributed by atoms with E-state index in [-0.39, 0.29) is 6.42 Å². The van der Waals surface area contributed by atoms with Crippen LogP contribution < -0.4 is 5.32 Å². The lowest BCUT2D eigenvalue weighted by atomic mass is 9.99. The number of unbranched alkanes of at least 4 members (excludes halogenated alkanes) is 25. The highest BCUT2D eigenvalue weighted by Crippen LogP contribution is 2.26. The third kappa shape index (κ3) is 29.0. The second-order valence-electron chi connectivity index (χ2n) is 16.8. The predicted molar refractivity (Wildman–Crippen MR) is 238 cm³/mol. The standard InChI is InChI=1S/C46H87NO12S/c1-3-5-7-9-11-13-15-16-17-18-19-20-21-22-23-25-26-28-30-32-34-39(49)38(37-57-46-43(52)44(59-60(54,55)56)42(51)41(36-48)58-46)47-45(53)40(50)35-33-31-29-27-24-14-12-10-8-6-4-2/h25-26,32,34,38-44,46,48-52H,3-24,27-31,33,35-37H2,1-2H3,(H,47,53)(H,54,55,56)/b26-25+,34-32+. The Hall–Kier alpha value is -1.46. The minimum Gasteiger partial charge on any atom is -0.394 e. The summed E-state index contributed by atoms with van der Waals surface area (Å²) in [7, 11) is -5.12. The number of aliphatic hydroxyl groups is 5. The fraction of sp³-hybridized carbons (Fsp3) is 0.891. The summed E-state index contributed by atoms with van der Waals surface area (Å²) in [6, 6.07) is -1.13. The Balaban J connectivity index is 2.58. The number of aliphatic hydroxyl groups excluding tert-OH is 5. The minimum absolute atomic E-state index is 0.239. The maximum atomic E-state index is 13.1. The molecule has 1 aliphatic rings. The van der Waals surface area contributed by atoms with Crippen molar-refractivity contribution >= 4 is 16.3 Å². The van der Waals surface area contributed by atoms with E-state index in [1.807, 2.05) is 0 Å². The zero-order valence-electron chi connectivity index (χ0n) is 37.4. The fourth-order valence-corrected chi connectivity index (χ4v) is 8.04. The van der Waals surface area contributed by atoms with Gasteiger partial charge in [0.1, 0.15) is 30.5 Å². The van der Waals surface area contributed by atoms with E-state index in [1.165, 1.54) is 134 Å². The first-order chi connectivity index (χ1) is 28.9.